The van der Waals surface area contributed by atoms with E-state index in [4.69, 9.17) is 5.11 Å². The van der Waals surface area contributed by atoms with Gasteiger partial charge in [-0.05, 0) is 24.5 Å². The molecule has 0 heterocycles. The van der Waals surface area contributed by atoms with Crippen molar-refractivity contribution in [3.63, 3.8) is 0 Å². The number of hydrogen-bond acceptors (Lipinski definition) is 3. The molecule has 4 nitrogen and oxygen atoms in total. The van der Waals surface area contributed by atoms with Gasteiger partial charge in [0.05, 0.1) is 0 Å². The van der Waals surface area contributed by atoms with Gasteiger partial charge in [0.1, 0.15) is 10.7 Å². The highest BCUT2D eigenvalue weighted by atomic mass is 32.2. The molecule has 0 aliphatic heterocycles. The van der Waals surface area contributed by atoms with Gasteiger partial charge in [-0.1, -0.05) is 26.0 Å². The Morgan fingerprint density at radius 1 is 1.33 bits per heavy atom. The lowest BCUT2D eigenvalue weighted by molar-refractivity contribution is 0.256. The van der Waals surface area contributed by atoms with E-state index in [1.807, 2.05) is 13.8 Å². The van der Waals surface area contributed by atoms with Crippen molar-refractivity contribution in [1.29, 1.82) is 0 Å². The standard InChI is InChI=1S/C12H18FNO3S/c1-9(2)11(7-8-15)14-18(16,17)12-6-4-3-5-10(12)13/h3-6,9,11,14-15H,7-8H2,1-2H3. The molecule has 0 bridgehead atoms. The molecular weight excluding hydrogens is 257 g/mol. The molecule has 1 atom stereocenters. The Labute approximate surface area is 107 Å². The minimum atomic E-state index is -3.89. The Morgan fingerprint density at radius 2 is 1.94 bits per heavy atom. The average molecular weight is 275 g/mol. The van der Waals surface area contributed by atoms with Gasteiger partial charge in [0.2, 0.25) is 10.0 Å². The summed E-state index contributed by atoms with van der Waals surface area (Å²) >= 11 is 0. The number of rotatable bonds is 6. The third kappa shape index (κ3) is 3.76. The van der Waals surface area contributed by atoms with E-state index >= 15 is 0 Å². The van der Waals surface area contributed by atoms with E-state index in [-0.39, 0.29) is 17.4 Å². The lowest BCUT2D eigenvalue weighted by Crippen LogP contribution is -2.39. The smallest absolute Gasteiger partial charge is 0.243 e. The first-order valence-corrected chi connectivity index (χ1v) is 7.24. The van der Waals surface area contributed by atoms with Gasteiger partial charge in [0.25, 0.3) is 0 Å². The highest BCUT2D eigenvalue weighted by Gasteiger charge is 2.24. The molecule has 0 aliphatic carbocycles. The molecular formula is C12H18FNO3S. The van der Waals surface area contributed by atoms with Crippen LogP contribution in [0.4, 0.5) is 4.39 Å². The topological polar surface area (TPSA) is 66.4 Å². The zero-order chi connectivity index (χ0) is 13.8. The molecule has 2 N–H and O–H groups in total. The van der Waals surface area contributed by atoms with Crippen molar-refractivity contribution in [2.75, 3.05) is 6.61 Å². The van der Waals surface area contributed by atoms with E-state index in [0.29, 0.717) is 6.42 Å². The van der Waals surface area contributed by atoms with Crippen LogP contribution in [0.25, 0.3) is 0 Å². The zero-order valence-electron chi connectivity index (χ0n) is 10.4. The fraction of sp³-hybridized carbons (Fsp3) is 0.500. The Hall–Kier alpha value is -0.980. The fourth-order valence-corrected chi connectivity index (χ4v) is 3.09. The van der Waals surface area contributed by atoms with E-state index in [2.05, 4.69) is 4.72 Å². The second-order valence-corrected chi connectivity index (χ2v) is 6.10. The Bertz CT molecular complexity index is 488. The van der Waals surface area contributed by atoms with Gasteiger partial charge >= 0.3 is 0 Å². The first kappa shape index (κ1) is 15.1. The van der Waals surface area contributed by atoms with Crippen LogP contribution in [-0.2, 0) is 10.0 Å². The van der Waals surface area contributed by atoms with Crippen LogP contribution in [0.3, 0.4) is 0 Å². The maximum atomic E-state index is 13.5. The summed E-state index contributed by atoms with van der Waals surface area (Å²) in [5.41, 5.74) is 0. The number of sulfonamides is 1. The average Bonchev–Trinajstić information content (AvgIpc) is 2.28. The molecule has 1 aromatic rings. The molecule has 0 aromatic heterocycles. The summed E-state index contributed by atoms with van der Waals surface area (Å²) in [5.74, 6) is -0.768. The third-order valence-electron chi connectivity index (χ3n) is 2.68. The summed E-state index contributed by atoms with van der Waals surface area (Å²) in [4.78, 5) is -0.367. The van der Waals surface area contributed by atoms with Gasteiger partial charge in [-0.25, -0.2) is 17.5 Å². The van der Waals surface area contributed by atoms with Crippen LogP contribution in [0, 0.1) is 11.7 Å². The number of benzene rings is 1. The minimum Gasteiger partial charge on any atom is -0.396 e. The molecule has 0 aliphatic rings. The Balaban J connectivity index is 2.97. The highest BCUT2D eigenvalue weighted by Crippen LogP contribution is 2.16. The summed E-state index contributed by atoms with van der Waals surface area (Å²) in [6.07, 6.45) is 0.297. The Morgan fingerprint density at radius 3 is 2.44 bits per heavy atom. The third-order valence-corrected chi connectivity index (χ3v) is 4.20. The summed E-state index contributed by atoms with van der Waals surface area (Å²) in [5, 5.41) is 8.90. The second-order valence-electron chi connectivity index (χ2n) is 4.41. The SMILES string of the molecule is CC(C)C(CCO)NS(=O)(=O)c1ccccc1F. The predicted molar refractivity (Wildman–Crippen MR) is 67.1 cm³/mol. The number of halogens is 1. The number of aliphatic hydroxyl groups excluding tert-OH is 1. The molecule has 102 valence electrons. The van der Waals surface area contributed by atoms with Gasteiger partial charge in [-0.3, -0.25) is 0 Å². The van der Waals surface area contributed by atoms with Crippen molar-refractivity contribution < 1.29 is 17.9 Å². The lowest BCUT2D eigenvalue weighted by atomic mass is 10.0. The lowest BCUT2D eigenvalue weighted by Gasteiger charge is -2.21. The molecule has 6 heteroatoms. The van der Waals surface area contributed by atoms with E-state index in [1.165, 1.54) is 18.2 Å². The number of nitrogens with one attached hydrogen (secondary N) is 1. The van der Waals surface area contributed by atoms with Crippen molar-refractivity contribution in [3.8, 4) is 0 Å². The number of aliphatic hydroxyl groups is 1. The molecule has 0 spiro atoms. The molecule has 0 amide bonds. The van der Waals surface area contributed by atoms with E-state index in [9.17, 15) is 12.8 Å². The van der Waals surface area contributed by atoms with Crippen molar-refractivity contribution in [2.45, 2.75) is 31.2 Å². The monoisotopic (exact) mass is 275 g/mol. The van der Waals surface area contributed by atoms with Crippen LogP contribution in [0.5, 0.6) is 0 Å². The van der Waals surface area contributed by atoms with Gasteiger partial charge in [0.15, 0.2) is 0 Å². The van der Waals surface area contributed by atoms with Gasteiger partial charge < -0.3 is 5.11 Å². The molecule has 0 fully saturated rings. The molecule has 18 heavy (non-hydrogen) atoms. The summed E-state index contributed by atoms with van der Waals surface area (Å²) in [6, 6.07) is 4.80. The second kappa shape index (κ2) is 6.26. The van der Waals surface area contributed by atoms with E-state index in [0.717, 1.165) is 6.07 Å². The summed E-state index contributed by atoms with van der Waals surface area (Å²) in [6.45, 7) is 3.55. The highest BCUT2D eigenvalue weighted by molar-refractivity contribution is 7.89. The zero-order valence-corrected chi connectivity index (χ0v) is 11.2. The van der Waals surface area contributed by atoms with Crippen molar-refractivity contribution >= 4 is 10.0 Å². The van der Waals surface area contributed by atoms with Crippen LogP contribution in [-0.4, -0.2) is 26.2 Å². The summed E-state index contributed by atoms with van der Waals surface area (Å²) < 4.78 is 39.9. The van der Waals surface area contributed by atoms with Gasteiger partial charge in [-0.15, -0.1) is 0 Å². The largest absolute Gasteiger partial charge is 0.396 e. The molecule has 1 aromatic carbocycles. The quantitative estimate of drug-likeness (QED) is 0.827. The van der Waals surface area contributed by atoms with Gasteiger partial charge in [-0.2, -0.15) is 0 Å². The predicted octanol–water partition coefficient (Wildman–Crippen LogP) is 1.51. The van der Waals surface area contributed by atoms with Crippen LogP contribution in [0.1, 0.15) is 20.3 Å². The van der Waals surface area contributed by atoms with E-state index in [1.54, 1.807) is 0 Å². The van der Waals surface area contributed by atoms with Gasteiger partial charge in [0, 0.05) is 12.6 Å². The fourth-order valence-electron chi connectivity index (χ4n) is 1.59. The first-order valence-electron chi connectivity index (χ1n) is 5.76. The molecule has 0 saturated carbocycles. The Kier molecular flexibility index (Phi) is 5.25. The maximum absolute atomic E-state index is 13.5. The first-order chi connectivity index (χ1) is 8.38. The minimum absolute atomic E-state index is 0.0127. The number of hydrogen-bond donors (Lipinski definition) is 2. The molecule has 0 radical (unpaired) electrons. The molecule has 0 saturated heterocycles. The molecule has 1 rings (SSSR count). The van der Waals surface area contributed by atoms with Crippen molar-refractivity contribution in [1.82, 2.24) is 4.72 Å². The van der Waals surface area contributed by atoms with Crippen molar-refractivity contribution in [3.05, 3.63) is 30.1 Å². The van der Waals surface area contributed by atoms with Crippen molar-refractivity contribution in [2.24, 2.45) is 5.92 Å². The van der Waals surface area contributed by atoms with Crippen LogP contribution in [0.15, 0.2) is 29.2 Å². The normalized spacial score (nSPS) is 13.8. The van der Waals surface area contributed by atoms with Crippen LogP contribution in [0.2, 0.25) is 0 Å². The summed E-state index contributed by atoms with van der Waals surface area (Å²) in [7, 11) is -3.89. The molecule has 1 unspecified atom stereocenters. The van der Waals surface area contributed by atoms with E-state index < -0.39 is 21.9 Å². The van der Waals surface area contributed by atoms with Crippen LogP contribution < -0.4 is 4.72 Å². The van der Waals surface area contributed by atoms with Crippen LogP contribution >= 0.6 is 0 Å². The maximum Gasteiger partial charge on any atom is 0.243 e.